The van der Waals surface area contributed by atoms with Gasteiger partial charge in [-0.2, -0.15) is 10.2 Å². The average Bonchev–Trinajstić information content (AvgIpc) is 3.43. The van der Waals surface area contributed by atoms with Gasteiger partial charge in [0.05, 0.1) is 17.1 Å². The number of fused-ring (bicyclic) bond motifs is 2. The zero-order valence-electron chi connectivity index (χ0n) is 21.5. The number of hydrazone groups is 2. The van der Waals surface area contributed by atoms with Crippen molar-refractivity contribution in [1.82, 2.24) is 0 Å². The fourth-order valence-corrected chi connectivity index (χ4v) is 6.54. The molecule has 5 aromatic rings. The first-order valence-corrected chi connectivity index (χ1v) is 13.9. The largest absolute Gasteiger partial charge is 0.286 e. The quantitative estimate of drug-likeness (QED) is 0.218. The monoisotopic (exact) mass is 536 g/mol. The smallest absolute Gasteiger partial charge is 0.234 e. The first-order valence-electron chi connectivity index (χ1n) is 13.1. The highest BCUT2D eigenvalue weighted by Gasteiger charge is 2.56. The van der Waals surface area contributed by atoms with Gasteiger partial charge in [-0.3, -0.25) is 4.79 Å². The second kappa shape index (κ2) is 9.98. The van der Waals surface area contributed by atoms with Gasteiger partial charge >= 0.3 is 0 Å². The second-order valence-corrected chi connectivity index (χ2v) is 10.6. The van der Waals surface area contributed by atoms with Gasteiger partial charge in [-0.15, -0.1) is 0 Å². The van der Waals surface area contributed by atoms with Gasteiger partial charge in [-0.05, 0) is 36.0 Å². The summed E-state index contributed by atoms with van der Waals surface area (Å²) in [4.78, 5) is 12.9. The third kappa shape index (κ3) is 3.92. The molecule has 0 saturated carbocycles. The summed E-state index contributed by atoms with van der Waals surface area (Å²) in [5.41, 5.74) is 6.23. The molecular weight excluding hydrogens is 512 g/mol. The van der Waals surface area contributed by atoms with Crippen LogP contribution < -0.4 is 10.0 Å². The predicted octanol–water partition coefficient (Wildman–Crippen LogP) is 7.52. The topological polar surface area (TPSA) is 48.3 Å². The number of Topliss-reactive ketones (excluding diaryl/α,β-unsaturated/α-hetero) is 1. The number of benzene rings is 5. The molecule has 192 valence electrons. The van der Waals surface area contributed by atoms with Gasteiger partial charge in [0.2, 0.25) is 10.8 Å². The summed E-state index contributed by atoms with van der Waals surface area (Å²) >= 11 is 1.43. The number of anilines is 2. The maximum absolute atomic E-state index is 13.9. The van der Waals surface area contributed by atoms with Crippen LogP contribution in [-0.2, 0) is 4.99 Å². The molecule has 6 heteroatoms. The highest BCUT2D eigenvalue weighted by molar-refractivity contribution is 8.17. The number of hydrogen-bond acceptors (Lipinski definition) is 6. The molecule has 2 aliphatic heterocycles. The van der Waals surface area contributed by atoms with Crippen LogP contribution in [0.3, 0.4) is 0 Å². The summed E-state index contributed by atoms with van der Waals surface area (Å²) in [7, 11) is 0. The molecule has 0 bridgehead atoms. The van der Waals surface area contributed by atoms with Crippen LogP contribution in [0.2, 0.25) is 0 Å². The van der Waals surface area contributed by atoms with E-state index >= 15 is 0 Å². The normalized spacial score (nSPS) is 17.8. The molecule has 1 atom stereocenters. The molecule has 0 fully saturated rings. The van der Waals surface area contributed by atoms with Crippen LogP contribution in [0.5, 0.6) is 0 Å². The van der Waals surface area contributed by atoms with Crippen LogP contribution >= 0.6 is 11.8 Å². The second-order valence-electron chi connectivity index (χ2n) is 9.47. The third-order valence-corrected chi connectivity index (χ3v) is 8.33. The van der Waals surface area contributed by atoms with E-state index in [1.165, 1.54) is 11.8 Å². The SMILES string of the molecule is O=C(C1=NN(c2ccccc2)[C@]2(S1)c1ccccc1C(c1ccccc1)=NN2c1ccccc1)c1ccccc1. The molecule has 0 unspecified atom stereocenters. The molecule has 2 aliphatic rings. The minimum absolute atomic E-state index is 0.119. The van der Waals surface area contributed by atoms with E-state index in [-0.39, 0.29) is 5.78 Å². The van der Waals surface area contributed by atoms with Crippen LogP contribution in [0.15, 0.2) is 156 Å². The van der Waals surface area contributed by atoms with Crippen LogP contribution in [0.1, 0.15) is 27.0 Å². The molecule has 1 spiro atoms. The molecule has 5 nitrogen and oxygen atoms in total. The van der Waals surface area contributed by atoms with Crippen molar-refractivity contribution >= 4 is 39.7 Å². The fraction of sp³-hybridized carbons (Fsp3) is 0.0294. The van der Waals surface area contributed by atoms with Crippen molar-refractivity contribution in [3.63, 3.8) is 0 Å². The van der Waals surface area contributed by atoms with E-state index in [0.717, 1.165) is 33.8 Å². The Morgan fingerprint density at radius 1 is 0.575 bits per heavy atom. The predicted molar refractivity (Wildman–Crippen MR) is 164 cm³/mol. The van der Waals surface area contributed by atoms with Gasteiger partial charge in [0.1, 0.15) is 0 Å². The van der Waals surface area contributed by atoms with Crippen molar-refractivity contribution in [3.05, 3.63) is 168 Å². The maximum atomic E-state index is 13.9. The number of carbonyl (C=O) groups is 1. The molecule has 0 saturated heterocycles. The Bertz CT molecular complexity index is 1740. The van der Waals surface area contributed by atoms with Crippen molar-refractivity contribution < 1.29 is 4.79 Å². The lowest BCUT2D eigenvalue weighted by atomic mass is 9.93. The Labute approximate surface area is 237 Å². The Hall–Kier alpha value is -4.94. The number of carbonyl (C=O) groups excluding carboxylic acids is 1. The van der Waals surface area contributed by atoms with Crippen LogP contribution in [-0.4, -0.2) is 16.5 Å². The first-order chi connectivity index (χ1) is 19.8. The lowest BCUT2D eigenvalue weighted by Crippen LogP contribution is -2.54. The lowest BCUT2D eigenvalue weighted by molar-refractivity contribution is 0.106. The fourth-order valence-electron chi connectivity index (χ4n) is 5.19. The summed E-state index contributed by atoms with van der Waals surface area (Å²) in [5.74, 6) is -0.119. The summed E-state index contributed by atoms with van der Waals surface area (Å²) in [6, 6.07) is 47.9. The van der Waals surface area contributed by atoms with Crippen molar-refractivity contribution in [3.8, 4) is 0 Å². The zero-order valence-corrected chi connectivity index (χ0v) is 22.3. The lowest BCUT2D eigenvalue weighted by Gasteiger charge is -2.47. The molecule has 5 aromatic carbocycles. The van der Waals surface area contributed by atoms with Crippen molar-refractivity contribution in [2.45, 2.75) is 4.99 Å². The summed E-state index contributed by atoms with van der Waals surface area (Å²) in [6.45, 7) is 0. The Morgan fingerprint density at radius 3 is 1.70 bits per heavy atom. The molecule has 0 aromatic heterocycles. The average molecular weight is 537 g/mol. The van der Waals surface area contributed by atoms with E-state index in [9.17, 15) is 4.79 Å². The van der Waals surface area contributed by atoms with Gasteiger partial charge in [0.15, 0.2) is 5.04 Å². The van der Waals surface area contributed by atoms with E-state index in [2.05, 4.69) is 24.3 Å². The summed E-state index contributed by atoms with van der Waals surface area (Å²) in [5, 5.41) is 14.8. The van der Waals surface area contributed by atoms with E-state index in [1.54, 1.807) is 0 Å². The maximum Gasteiger partial charge on any atom is 0.234 e. The van der Waals surface area contributed by atoms with Gasteiger partial charge in [-0.1, -0.05) is 121 Å². The number of nitrogens with zero attached hydrogens (tertiary/aromatic N) is 4. The molecule has 40 heavy (non-hydrogen) atoms. The Balaban J connectivity index is 1.50. The number of para-hydroxylation sites is 2. The number of ketones is 1. The van der Waals surface area contributed by atoms with Gasteiger partial charge in [0, 0.05) is 22.3 Å². The minimum Gasteiger partial charge on any atom is -0.286 e. The van der Waals surface area contributed by atoms with E-state index < -0.39 is 4.99 Å². The number of hydrogen-bond donors (Lipinski definition) is 0. The van der Waals surface area contributed by atoms with Gasteiger partial charge < -0.3 is 0 Å². The third-order valence-electron chi connectivity index (χ3n) is 7.02. The molecule has 0 N–H and O–H groups in total. The molecule has 0 radical (unpaired) electrons. The summed E-state index contributed by atoms with van der Waals surface area (Å²) in [6.07, 6.45) is 0. The highest BCUT2D eigenvalue weighted by Crippen LogP contribution is 2.55. The molecule has 7 rings (SSSR count). The molecular formula is C34H24N4OS. The Morgan fingerprint density at radius 2 is 1.07 bits per heavy atom. The summed E-state index contributed by atoms with van der Waals surface area (Å²) < 4.78 is 0. The molecule has 0 aliphatic carbocycles. The molecule has 2 heterocycles. The minimum atomic E-state index is -0.989. The highest BCUT2D eigenvalue weighted by atomic mass is 32.2. The Kier molecular flexibility index (Phi) is 6.02. The van der Waals surface area contributed by atoms with Crippen LogP contribution in [0, 0.1) is 0 Å². The molecule has 0 amide bonds. The first kappa shape index (κ1) is 24.1. The number of rotatable bonds is 5. The van der Waals surface area contributed by atoms with Crippen molar-refractivity contribution in [2.75, 3.05) is 10.0 Å². The van der Waals surface area contributed by atoms with Crippen molar-refractivity contribution in [1.29, 1.82) is 0 Å². The van der Waals surface area contributed by atoms with E-state index in [0.29, 0.717) is 10.6 Å². The van der Waals surface area contributed by atoms with E-state index in [1.807, 2.05) is 131 Å². The van der Waals surface area contributed by atoms with Crippen LogP contribution in [0.25, 0.3) is 0 Å². The van der Waals surface area contributed by atoms with Crippen LogP contribution in [0.4, 0.5) is 11.4 Å². The zero-order chi connectivity index (χ0) is 26.9. The standard InChI is InChI=1S/C34H24N4OS/c39-32(26-17-7-2-8-18-26)33-36-38(28-21-11-4-12-22-28)34(40-33)30-24-14-13-23-29(30)31(25-15-5-1-6-16-25)35-37(34)27-19-9-3-10-20-27/h1-24H/t34-/m0/s1. The van der Waals surface area contributed by atoms with Gasteiger partial charge in [0.25, 0.3) is 0 Å². The van der Waals surface area contributed by atoms with Crippen molar-refractivity contribution in [2.24, 2.45) is 10.2 Å². The van der Waals surface area contributed by atoms with Gasteiger partial charge in [-0.25, -0.2) is 10.0 Å². The van der Waals surface area contributed by atoms with E-state index in [4.69, 9.17) is 10.2 Å². The number of thioether (sulfide) groups is 1.